The zero-order valence-electron chi connectivity index (χ0n) is 21.8. The fourth-order valence-corrected chi connectivity index (χ4v) is 4.93. The van der Waals surface area contributed by atoms with Crippen LogP contribution in [0.4, 0.5) is 16.3 Å². The molecule has 1 aliphatic rings. The zero-order valence-corrected chi connectivity index (χ0v) is 21.8. The first-order valence-electron chi connectivity index (χ1n) is 12.7. The van der Waals surface area contributed by atoms with E-state index >= 15 is 0 Å². The largest absolute Gasteiger partial charge is 0.480 e. The summed E-state index contributed by atoms with van der Waals surface area (Å²) < 4.78 is 12.9. The van der Waals surface area contributed by atoms with Crippen molar-refractivity contribution in [1.29, 1.82) is 0 Å². The summed E-state index contributed by atoms with van der Waals surface area (Å²) in [6.45, 7) is 5.61. The van der Waals surface area contributed by atoms with Crippen molar-refractivity contribution in [3.63, 3.8) is 0 Å². The lowest BCUT2D eigenvalue weighted by Gasteiger charge is -2.21. The lowest BCUT2D eigenvalue weighted by molar-refractivity contribution is 0.248. The molecular weight excluding hydrogens is 480 g/mol. The number of pyridine rings is 1. The lowest BCUT2D eigenvalue weighted by Crippen LogP contribution is -2.42. The van der Waals surface area contributed by atoms with Gasteiger partial charge in [-0.15, -0.1) is 5.10 Å². The summed E-state index contributed by atoms with van der Waals surface area (Å²) in [6.07, 6.45) is 1.71. The highest BCUT2D eigenvalue weighted by Gasteiger charge is 2.36. The highest BCUT2D eigenvalue weighted by Crippen LogP contribution is 2.35. The highest BCUT2D eigenvalue weighted by molar-refractivity contribution is 5.90. The summed E-state index contributed by atoms with van der Waals surface area (Å²) in [4.78, 5) is 20.0. The molecule has 2 amide bonds. The molecule has 4 aromatic rings. The number of nitrogens with zero attached hydrogens (tertiary/aromatic N) is 4. The van der Waals surface area contributed by atoms with Gasteiger partial charge in [0.15, 0.2) is 0 Å². The molecule has 9 heteroatoms. The van der Waals surface area contributed by atoms with Gasteiger partial charge in [-0.25, -0.2) is 14.5 Å². The average Bonchev–Trinajstić information content (AvgIpc) is 3.51. The minimum Gasteiger partial charge on any atom is -0.480 e. The van der Waals surface area contributed by atoms with E-state index in [9.17, 15) is 4.79 Å². The average molecular weight is 513 g/mol. The van der Waals surface area contributed by atoms with Crippen molar-refractivity contribution in [3.05, 3.63) is 90.1 Å². The van der Waals surface area contributed by atoms with Crippen LogP contribution in [0.5, 0.6) is 11.8 Å². The third-order valence-electron chi connectivity index (χ3n) is 6.74. The number of aromatic nitrogens is 3. The molecule has 2 unspecified atom stereocenters. The number of nitrogens with one attached hydrogen (secondary N) is 2. The van der Waals surface area contributed by atoms with Gasteiger partial charge in [0.2, 0.25) is 11.8 Å². The normalized spacial score (nSPS) is 16.8. The van der Waals surface area contributed by atoms with Gasteiger partial charge in [0.05, 0.1) is 36.7 Å². The van der Waals surface area contributed by atoms with Crippen molar-refractivity contribution < 1.29 is 14.3 Å². The predicted octanol–water partition coefficient (Wildman–Crippen LogP) is 4.78. The summed E-state index contributed by atoms with van der Waals surface area (Å²) in [5, 5.41) is 10.9. The van der Waals surface area contributed by atoms with E-state index in [1.165, 1.54) is 0 Å². The minimum atomic E-state index is -0.306. The number of carbonyl (C=O) groups is 1. The number of ether oxygens (including phenoxy) is 2. The predicted molar refractivity (Wildman–Crippen MR) is 148 cm³/mol. The topological polar surface area (TPSA) is 93.5 Å². The molecule has 5 rings (SSSR count). The molecule has 2 atom stereocenters. The number of hydrogen-bond acceptors (Lipinski definition) is 6. The van der Waals surface area contributed by atoms with Crippen LogP contribution >= 0.6 is 0 Å². The maximum absolute atomic E-state index is 13.5. The maximum Gasteiger partial charge on any atom is 0.320 e. The number of para-hydroxylation sites is 1. The van der Waals surface area contributed by atoms with Crippen LogP contribution < -0.4 is 25.0 Å². The van der Waals surface area contributed by atoms with Crippen molar-refractivity contribution in [3.8, 4) is 17.4 Å². The van der Waals surface area contributed by atoms with E-state index in [0.717, 1.165) is 22.5 Å². The molecular formula is C29H32N6O3. The molecule has 1 fully saturated rings. The fraction of sp³-hybridized carbons (Fsp3) is 0.276. The second kappa shape index (κ2) is 11.2. The molecule has 0 saturated carbocycles. The number of carbonyl (C=O) groups excluding carboxylic acids is 1. The Kier molecular flexibility index (Phi) is 7.44. The van der Waals surface area contributed by atoms with Gasteiger partial charge < -0.3 is 19.7 Å². The number of methoxy groups -OCH3 is 1. The Hall–Kier alpha value is -4.53. The Labute approximate surface area is 222 Å². The summed E-state index contributed by atoms with van der Waals surface area (Å²) in [6, 6.07) is 23.4. The third-order valence-corrected chi connectivity index (χ3v) is 6.74. The third kappa shape index (κ3) is 5.13. The van der Waals surface area contributed by atoms with E-state index in [0.29, 0.717) is 37.3 Å². The quantitative estimate of drug-likeness (QED) is 0.353. The van der Waals surface area contributed by atoms with Crippen LogP contribution in [0.3, 0.4) is 0 Å². The van der Waals surface area contributed by atoms with Crippen LogP contribution in [-0.4, -0.2) is 53.6 Å². The van der Waals surface area contributed by atoms with Crippen LogP contribution in [0.15, 0.2) is 79.0 Å². The molecule has 1 aliphatic heterocycles. The second-order valence-corrected chi connectivity index (χ2v) is 9.12. The van der Waals surface area contributed by atoms with Crippen LogP contribution in [0.2, 0.25) is 0 Å². The lowest BCUT2D eigenvalue weighted by atomic mass is 9.94. The Balaban J connectivity index is 1.41. The molecule has 0 radical (unpaired) electrons. The first kappa shape index (κ1) is 25.1. The highest BCUT2D eigenvalue weighted by atomic mass is 16.5. The first-order chi connectivity index (χ1) is 18.6. The first-order valence-corrected chi connectivity index (χ1v) is 12.7. The van der Waals surface area contributed by atoms with Gasteiger partial charge in [0.25, 0.3) is 0 Å². The van der Waals surface area contributed by atoms with Gasteiger partial charge in [-0.1, -0.05) is 48.5 Å². The number of benzene rings is 2. The molecule has 2 aromatic heterocycles. The Morgan fingerprint density at radius 3 is 2.45 bits per heavy atom. The van der Waals surface area contributed by atoms with E-state index in [-0.39, 0.29) is 18.0 Å². The van der Waals surface area contributed by atoms with Gasteiger partial charge in [-0.3, -0.25) is 5.32 Å². The standard InChI is InChI=1S/C29H32N6O3/c1-4-38-27-20(2)26(35(33-27)22-14-9-6-10-15-22)32-29(36)31-24-19-34(25-16-11-17-30-28(25)37-3)18-23(24)21-12-7-5-8-13-21/h5-17,23-24H,4,18-19H2,1-3H3,(H2,31,32,36). The summed E-state index contributed by atoms with van der Waals surface area (Å²) in [5.41, 5.74) is 3.65. The van der Waals surface area contributed by atoms with Crippen molar-refractivity contribution in [1.82, 2.24) is 20.1 Å². The molecule has 2 N–H and O–H groups in total. The van der Waals surface area contributed by atoms with Crippen LogP contribution in [0, 0.1) is 6.92 Å². The molecule has 2 aromatic carbocycles. The smallest absolute Gasteiger partial charge is 0.320 e. The SMILES string of the molecule is CCOc1nn(-c2ccccc2)c(NC(=O)NC2CN(c3cccnc3OC)CC2c2ccccc2)c1C. The van der Waals surface area contributed by atoms with Gasteiger partial charge in [0.1, 0.15) is 5.82 Å². The summed E-state index contributed by atoms with van der Waals surface area (Å²) >= 11 is 0. The van der Waals surface area contributed by atoms with Crippen molar-refractivity contribution in [2.75, 3.05) is 37.0 Å². The van der Waals surface area contributed by atoms with Gasteiger partial charge in [0, 0.05) is 25.2 Å². The van der Waals surface area contributed by atoms with Crippen molar-refractivity contribution in [2.45, 2.75) is 25.8 Å². The number of anilines is 2. The molecule has 0 spiro atoms. The molecule has 1 saturated heterocycles. The number of hydrogen-bond donors (Lipinski definition) is 2. The molecule has 0 aliphatic carbocycles. The maximum atomic E-state index is 13.5. The molecule has 0 bridgehead atoms. The Morgan fingerprint density at radius 2 is 1.74 bits per heavy atom. The van der Waals surface area contributed by atoms with Crippen molar-refractivity contribution in [2.24, 2.45) is 0 Å². The second-order valence-electron chi connectivity index (χ2n) is 9.12. The minimum absolute atomic E-state index is 0.0750. The van der Waals surface area contributed by atoms with Crippen LogP contribution in [0.1, 0.15) is 24.0 Å². The van der Waals surface area contributed by atoms with E-state index in [2.05, 4.69) is 37.7 Å². The van der Waals surface area contributed by atoms with Crippen LogP contribution in [0.25, 0.3) is 5.69 Å². The Morgan fingerprint density at radius 1 is 1.00 bits per heavy atom. The van der Waals surface area contributed by atoms with Gasteiger partial charge >= 0.3 is 6.03 Å². The van der Waals surface area contributed by atoms with E-state index < -0.39 is 0 Å². The van der Waals surface area contributed by atoms with Gasteiger partial charge in [-0.2, -0.15) is 0 Å². The number of urea groups is 1. The summed E-state index contributed by atoms with van der Waals surface area (Å²) in [5.74, 6) is 1.70. The number of amides is 2. The van der Waals surface area contributed by atoms with E-state index in [4.69, 9.17) is 9.47 Å². The molecule has 9 nitrogen and oxygen atoms in total. The summed E-state index contributed by atoms with van der Waals surface area (Å²) in [7, 11) is 1.62. The molecule has 196 valence electrons. The van der Waals surface area contributed by atoms with Gasteiger partial charge in [-0.05, 0) is 43.7 Å². The molecule has 3 heterocycles. The van der Waals surface area contributed by atoms with Crippen LogP contribution in [-0.2, 0) is 0 Å². The fourth-order valence-electron chi connectivity index (χ4n) is 4.93. The van der Waals surface area contributed by atoms with E-state index in [1.807, 2.05) is 74.5 Å². The zero-order chi connectivity index (χ0) is 26.5. The van der Waals surface area contributed by atoms with Crippen molar-refractivity contribution >= 4 is 17.5 Å². The monoisotopic (exact) mass is 512 g/mol. The Bertz CT molecular complexity index is 1380. The number of rotatable bonds is 8. The van der Waals surface area contributed by atoms with E-state index in [1.54, 1.807) is 18.0 Å². The molecule has 38 heavy (non-hydrogen) atoms.